The highest BCUT2D eigenvalue weighted by Gasteiger charge is 2.18. The quantitative estimate of drug-likeness (QED) is 0.688. The number of aliphatic hydroxyl groups is 1. The second-order valence-electron chi connectivity index (χ2n) is 4.87. The van der Waals surface area contributed by atoms with E-state index in [4.69, 9.17) is 5.11 Å². The lowest BCUT2D eigenvalue weighted by atomic mass is 9.99. The van der Waals surface area contributed by atoms with Crippen molar-refractivity contribution in [2.75, 3.05) is 6.61 Å². The minimum absolute atomic E-state index is 0.296. The molecule has 0 aromatic carbocycles. The van der Waals surface area contributed by atoms with Gasteiger partial charge in [-0.1, -0.05) is 25.7 Å². The summed E-state index contributed by atoms with van der Waals surface area (Å²) < 4.78 is 0. The van der Waals surface area contributed by atoms with Crippen LogP contribution in [0.4, 0.5) is 0 Å². The molecule has 0 bridgehead atoms. The Morgan fingerprint density at radius 3 is 2.43 bits per heavy atom. The number of nitrogens with one attached hydrogen (secondary N) is 1. The Morgan fingerprint density at radius 2 is 1.86 bits per heavy atom. The van der Waals surface area contributed by atoms with Gasteiger partial charge in [-0.25, -0.2) is 0 Å². The molecule has 1 saturated carbocycles. The highest BCUT2D eigenvalue weighted by atomic mass is 16.3. The number of hydrogen-bond donors (Lipinski definition) is 2. The summed E-state index contributed by atoms with van der Waals surface area (Å²) in [5, 5.41) is 12.3. The van der Waals surface area contributed by atoms with E-state index in [9.17, 15) is 0 Å². The fourth-order valence-corrected chi connectivity index (χ4v) is 2.58. The molecule has 0 saturated heterocycles. The molecule has 0 radical (unpaired) electrons. The molecule has 1 fully saturated rings. The van der Waals surface area contributed by atoms with Gasteiger partial charge in [-0.3, -0.25) is 0 Å². The molecule has 2 unspecified atom stereocenters. The molecule has 1 aliphatic carbocycles. The molecule has 2 atom stereocenters. The molecule has 1 aliphatic rings. The second kappa shape index (κ2) is 6.41. The summed E-state index contributed by atoms with van der Waals surface area (Å²) >= 11 is 0. The number of hydrogen-bond acceptors (Lipinski definition) is 2. The fourth-order valence-electron chi connectivity index (χ4n) is 2.58. The summed E-state index contributed by atoms with van der Waals surface area (Å²) in [6.45, 7) is 4.72. The molecular formula is C12H25NO. The van der Waals surface area contributed by atoms with E-state index in [1.165, 1.54) is 32.1 Å². The van der Waals surface area contributed by atoms with Gasteiger partial charge in [0.1, 0.15) is 0 Å². The molecule has 2 nitrogen and oxygen atoms in total. The van der Waals surface area contributed by atoms with Crippen molar-refractivity contribution in [3.05, 3.63) is 0 Å². The average molecular weight is 199 g/mol. The molecule has 0 aromatic rings. The zero-order valence-corrected chi connectivity index (χ0v) is 9.63. The van der Waals surface area contributed by atoms with Crippen molar-refractivity contribution < 1.29 is 5.11 Å². The first-order valence-electron chi connectivity index (χ1n) is 6.09. The lowest BCUT2D eigenvalue weighted by Crippen LogP contribution is -2.36. The van der Waals surface area contributed by atoms with Gasteiger partial charge in [0.2, 0.25) is 0 Å². The predicted molar refractivity (Wildman–Crippen MR) is 60.3 cm³/mol. The average Bonchev–Trinajstić information content (AvgIpc) is 2.56. The molecule has 14 heavy (non-hydrogen) atoms. The molecule has 84 valence electrons. The van der Waals surface area contributed by atoms with Gasteiger partial charge < -0.3 is 10.4 Å². The summed E-state index contributed by atoms with van der Waals surface area (Å²) in [4.78, 5) is 0. The second-order valence-corrected chi connectivity index (χ2v) is 4.87. The molecule has 0 aliphatic heterocycles. The Hall–Kier alpha value is -0.0800. The molecule has 0 aromatic heterocycles. The molecule has 1 rings (SSSR count). The molecule has 2 N–H and O–H groups in total. The van der Waals surface area contributed by atoms with E-state index < -0.39 is 0 Å². The van der Waals surface area contributed by atoms with Gasteiger partial charge in [-0.2, -0.15) is 0 Å². The minimum Gasteiger partial charge on any atom is -0.396 e. The first-order chi connectivity index (χ1) is 6.72. The SMILES string of the molecule is CC(CCO)NC(C)CC1CCCC1. The summed E-state index contributed by atoms with van der Waals surface area (Å²) in [5.74, 6) is 0.957. The molecular weight excluding hydrogens is 174 g/mol. The maximum atomic E-state index is 8.79. The standard InChI is InChI=1S/C12H25NO/c1-10(7-8-14)13-11(2)9-12-5-3-4-6-12/h10-14H,3-9H2,1-2H3. The van der Waals surface area contributed by atoms with E-state index in [0.29, 0.717) is 18.7 Å². The monoisotopic (exact) mass is 199 g/mol. The van der Waals surface area contributed by atoms with Crippen LogP contribution in [0.5, 0.6) is 0 Å². The maximum Gasteiger partial charge on any atom is 0.0445 e. The van der Waals surface area contributed by atoms with Crippen LogP contribution in [0.2, 0.25) is 0 Å². The first kappa shape index (κ1) is 12.0. The van der Waals surface area contributed by atoms with E-state index in [0.717, 1.165) is 12.3 Å². The zero-order valence-electron chi connectivity index (χ0n) is 9.63. The fraction of sp³-hybridized carbons (Fsp3) is 1.00. The van der Waals surface area contributed by atoms with E-state index in [2.05, 4.69) is 19.2 Å². The highest BCUT2D eigenvalue weighted by molar-refractivity contribution is 4.74. The lowest BCUT2D eigenvalue weighted by Gasteiger charge is -2.22. The summed E-state index contributed by atoms with van der Waals surface area (Å²) in [6.07, 6.45) is 7.92. The number of aliphatic hydroxyl groups excluding tert-OH is 1. The van der Waals surface area contributed by atoms with Crippen molar-refractivity contribution in [1.29, 1.82) is 0 Å². The van der Waals surface area contributed by atoms with E-state index in [1.807, 2.05) is 0 Å². The molecule has 0 amide bonds. The van der Waals surface area contributed by atoms with Crippen LogP contribution in [-0.4, -0.2) is 23.8 Å². The Morgan fingerprint density at radius 1 is 1.21 bits per heavy atom. The van der Waals surface area contributed by atoms with Crippen LogP contribution in [0.1, 0.15) is 52.4 Å². The smallest absolute Gasteiger partial charge is 0.0445 e. The van der Waals surface area contributed by atoms with Crippen molar-refractivity contribution in [1.82, 2.24) is 5.32 Å². The summed E-state index contributed by atoms with van der Waals surface area (Å²) in [7, 11) is 0. The summed E-state index contributed by atoms with van der Waals surface area (Å²) in [6, 6.07) is 1.07. The van der Waals surface area contributed by atoms with Gasteiger partial charge in [0, 0.05) is 18.7 Å². The third-order valence-corrected chi connectivity index (χ3v) is 3.29. The topological polar surface area (TPSA) is 32.3 Å². The Kier molecular flexibility index (Phi) is 5.49. The largest absolute Gasteiger partial charge is 0.396 e. The summed E-state index contributed by atoms with van der Waals surface area (Å²) in [5.41, 5.74) is 0. The Labute approximate surface area is 88.1 Å². The Balaban J connectivity index is 2.10. The van der Waals surface area contributed by atoms with Gasteiger partial charge in [0.15, 0.2) is 0 Å². The van der Waals surface area contributed by atoms with Crippen LogP contribution in [0.15, 0.2) is 0 Å². The molecule has 0 spiro atoms. The highest BCUT2D eigenvalue weighted by Crippen LogP contribution is 2.28. The van der Waals surface area contributed by atoms with E-state index in [1.54, 1.807) is 0 Å². The van der Waals surface area contributed by atoms with Crippen molar-refractivity contribution in [2.45, 2.75) is 64.5 Å². The van der Waals surface area contributed by atoms with Crippen molar-refractivity contribution >= 4 is 0 Å². The third kappa shape index (κ3) is 4.43. The van der Waals surface area contributed by atoms with Gasteiger partial charge in [0.25, 0.3) is 0 Å². The van der Waals surface area contributed by atoms with Gasteiger partial charge >= 0.3 is 0 Å². The van der Waals surface area contributed by atoms with Gasteiger partial charge in [-0.05, 0) is 32.6 Å². The lowest BCUT2D eigenvalue weighted by molar-refractivity contribution is 0.259. The van der Waals surface area contributed by atoms with Crippen LogP contribution in [0, 0.1) is 5.92 Å². The number of rotatable bonds is 6. The molecule has 0 heterocycles. The van der Waals surface area contributed by atoms with Crippen molar-refractivity contribution in [3.63, 3.8) is 0 Å². The van der Waals surface area contributed by atoms with Crippen LogP contribution < -0.4 is 5.32 Å². The first-order valence-corrected chi connectivity index (χ1v) is 6.09. The van der Waals surface area contributed by atoms with Crippen molar-refractivity contribution in [2.24, 2.45) is 5.92 Å². The van der Waals surface area contributed by atoms with E-state index in [-0.39, 0.29) is 0 Å². The van der Waals surface area contributed by atoms with Crippen molar-refractivity contribution in [3.8, 4) is 0 Å². The van der Waals surface area contributed by atoms with E-state index >= 15 is 0 Å². The third-order valence-electron chi connectivity index (χ3n) is 3.29. The molecule has 2 heteroatoms. The maximum absolute atomic E-state index is 8.79. The minimum atomic E-state index is 0.296. The van der Waals surface area contributed by atoms with Crippen LogP contribution >= 0.6 is 0 Å². The Bertz CT molecular complexity index is 143. The van der Waals surface area contributed by atoms with Crippen LogP contribution in [-0.2, 0) is 0 Å². The predicted octanol–water partition coefficient (Wildman–Crippen LogP) is 2.32. The normalized spacial score (nSPS) is 22.5. The van der Waals surface area contributed by atoms with Crippen LogP contribution in [0.3, 0.4) is 0 Å². The zero-order chi connectivity index (χ0) is 10.4. The van der Waals surface area contributed by atoms with Gasteiger partial charge in [-0.15, -0.1) is 0 Å². The van der Waals surface area contributed by atoms with Crippen LogP contribution in [0.25, 0.3) is 0 Å². The van der Waals surface area contributed by atoms with Gasteiger partial charge in [0.05, 0.1) is 0 Å².